The van der Waals surface area contributed by atoms with E-state index in [1.807, 2.05) is 0 Å². The highest BCUT2D eigenvalue weighted by atomic mass is 19.2. The highest BCUT2D eigenvalue weighted by Gasteiger charge is 2.13. The largest absolute Gasteiger partial charge is 0.399 e. The Hall–Kier alpha value is -2.57. The molecule has 1 amide bonds. The molecule has 0 fully saturated rings. The fourth-order valence-corrected chi connectivity index (χ4v) is 1.57. The molecule has 0 saturated heterocycles. The van der Waals surface area contributed by atoms with Crippen LogP contribution in [0, 0.1) is 23.3 Å². The van der Waals surface area contributed by atoms with Gasteiger partial charge in [0.25, 0.3) is 5.91 Å². The number of amides is 1. The Morgan fingerprint density at radius 2 is 1.55 bits per heavy atom. The first-order valence-corrected chi connectivity index (χ1v) is 5.39. The van der Waals surface area contributed by atoms with Gasteiger partial charge in [0, 0.05) is 29.1 Å². The molecule has 104 valence electrons. The van der Waals surface area contributed by atoms with Crippen molar-refractivity contribution in [1.82, 2.24) is 0 Å². The molecule has 2 rings (SSSR count). The molecule has 7 heteroatoms. The summed E-state index contributed by atoms with van der Waals surface area (Å²) in [6.07, 6.45) is 0. The summed E-state index contributed by atoms with van der Waals surface area (Å²) in [5, 5.41) is 2.11. The second-order valence-electron chi connectivity index (χ2n) is 3.98. The number of halogens is 4. The lowest BCUT2D eigenvalue weighted by Gasteiger charge is -2.07. The number of benzene rings is 2. The summed E-state index contributed by atoms with van der Waals surface area (Å²) in [5.74, 6) is -6.09. The van der Waals surface area contributed by atoms with Crippen molar-refractivity contribution in [1.29, 1.82) is 0 Å². The normalized spacial score (nSPS) is 10.4. The summed E-state index contributed by atoms with van der Waals surface area (Å²) in [5.41, 5.74) is 4.96. The summed E-state index contributed by atoms with van der Waals surface area (Å²) >= 11 is 0. The van der Waals surface area contributed by atoms with Gasteiger partial charge in [-0.2, -0.15) is 0 Å². The number of nitrogens with one attached hydrogen (secondary N) is 1. The molecule has 0 unspecified atom stereocenters. The van der Waals surface area contributed by atoms with Crippen LogP contribution in [0.4, 0.5) is 28.9 Å². The van der Waals surface area contributed by atoms with Crippen LogP contribution < -0.4 is 11.1 Å². The molecular formula is C13H8F4N2O. The number of nitrogens with two attached hydrogens (primary N) is 1. The topological polar surface area (TPSA) is 55.1 Å². The highest BCUT2D eigenvalue weighted by molar-refractivity contribution is 6.04. The Bertz CT molecular complexity index is 645. The van der Waals surface area contributed by atoms with E-state index in [-0.39, 0.29) is 16.9 Å². The lowest BCUT2D eigenvalue weighted by atomic mass is 10.1. The molecule has 0 spiro atoms. The Labute approximate surface area is 111 Å². The van der Waals surface area contributed by atoms with Crippen LogP contribution in [0.1, 0.15) is 10.4 Å². The van der Waals surface area contributed by atoms with Gasteiger partial charge in [-0.15, -0.1) is 0 Å². The maximum atomic E-state index is 13.1. The number of rotatable bonds is 2. The fraction of sp³-hybridized carbons (Fsp3) is 0. The van der Waals surface area contributed by atoms with Gasteiger partial charge in [0.2, 0.25) is 0 Å². The van der Waals surface area contributed by atoms with E-state index in [1.54, 1.807) is 0 Å². The van der Waals surface area contributed by atoms with Crippen LogP contribution in [0.25, 0.3) is 0 Å². The summed E-state index contributed by atoms with van der Waals surface area (Å²) in [6, 6.07) is 4.32. The summed E-state index contributed by atoms with van der Waals surface area (Å²) in [4.78, 5) is 11.8. The first-order valence-electron chi connectivity index (χ1n) is 5.39. The molecule has 0 atom stereocenters. The lowest BCUT2D eigenvalue weighted by molar-refractivity contribution is 0.102. The molecule has 2 aromatic carbocycles. The van der Waals surface area contributed by atoms with Crippen LogP contribution in [0.3, 0.4) is 0 Å². The number of hydrogen-bond donors (Lipinski definition) is 2. The maximum Gasteiger partial charge on any atom is 0.255 e. The van der Waals surface area contributed by atoms with E-state index in [0.29, 0.717) is 12.1 Å². The number of anilines is 2. The third kappa shape index (κ3) is 2.87. The molecule has 3 nitrogen and oxygen atoms in total. The molecule has 0 aliphatic carbocycles. The second-order valence-corrected chi connectivity index (χ2v) is 3.98. The summed E-state index contributed by atoms with van der Waals surface area (Å²) in [6.45, 7) is 0. The van der Waals surface area contributed by atoms with Gasteiger partial charge in [0.1, 0.15) is 5.82 Å². The average molecular weight is 284 g/mol. The van der Waals surface area contributed by atoms with E-state index in [0.717, 1.165) is 12.1 Å². The van der Waals surface area contributed by atoms with Crippen molar-refractivity contribution < 1.29 is 22.4 Å². The van der Waals surface area contributed by atoms with Gasteiger partial charge in [-0.25, -0.2) is 17.6 Å². The summed E-state index contributed by atoms with van der Waals surface area (Å²) < 4.78 is 51.8. The minimum absolute atomic E-state index is 0.0200. The van der Waals surface area contributed by atoms with Gasteiger partial charge in [0.05, 0.1) is 0 Å². The molecule has 0 heterocycles. The number of nitrogen functional groups attached to an aromatic ring is 1. The Morgan fingerprint density at radius 3 is 2.10 bits per heavy atom. The van der Waals surface area contributed by atoms with Crippen LogP contribution in [0.2, 0.25) is 0 Å². The van der Waals surface area contributed by atoms with Gasteiger partial charge in [-0.1, -0.05) is 0 Å². The smallest absolute Gasteiger partial charge is 0.255 e. The fourth-order valence-electron chi connectivity index (χ4n) is 1.57. The van der Waals surface area contributed by atoms with Crippen LogP contribution in [-0.4, -0.2) is 5.91 Å². The monoisotopic (exact) mass is 284 g/mol. The van der Waals surface area contributed by atoms with Crippen molar-refractivity contribution in [2.45, 2.75) is 0 Å². The zero-order valence-electron chi connectivity index (χ0n) is 9.88. The Balaban J connectivity index is 2.28. The third-order valence-electron chi connectivity index (χ3n) is 2.42. The molecular weight excluding hydrogens is 276 g/mol. The van der Waals surface area contributed by atoms with E-state index in [4.69, 9.17) is 5.73 Å². The Kier molecular flexibility index (Phi) is 3.60. The molecule has 0 bridgehead atoms. The minimum Gasteiger partial charge on any atom is -0.399 e. The van der Waals surface area contributed by atoms with Gasteiger partial charge in [-0.05, 0) is 18.2 Å². The Morgan fingerprint density at radius 1 is 0.950 bits per heavy atom. The molecule has 2 aromatic rings. The van der Waals surface area contributed by atoms with E-state index in [1.165, 1.54) is 6.07 Å². The molecule has 0 saturated carbocycles. The predicted octanol–water partition coefficient (Wildman–Crippen LogP) is 3.08. The van der Waals surface area contributed by atoms with Crippen LogP contribution in [0.15, 0.2) is 30.3 Å². The molecule has 0 radical (unpaired) electrons. The standard InChI is InChI=1S/C13H8F4N2O/c14-7-1-6(2-8(18)3-7)13(20)19-9-4-10(15)12(17)11(16)5-9/h1-5H,18H2,(H,19,20). The lowest BCUT2D eigenvalue weighted by Crippen LogP contribution is -2.13. The summed E-state index contributed by atoms with van der Waals surface area (Å²) in [7, 11) is 0. The van der Waals surface area contributed by atoms with Gasteiger partial charge in [0.15, 0.2) is 17.5 Å². The van der Waals surface area contributed by atoms with Crippen LogP contribution in [-0.2, 0) is 0 Å². The SMILES string of the molecule is Nc1cc(F)cc(C(=O)Nc2cc(F)c(F)c(F)c2)c1. The average Bonchev–Trinajstić information content (AvgIpc) is 2.34. The predicted molar refractivity (Wildman–Crippen MR) is 65.1 cm³/mol. The number of carbonyl (C=O) groups is 1. The molecule has 0 aliphatic heterocycles. The molecule has 0 aromatic heterocycles. The van der Waals surface area contributed by atoms with E-state index >= 15 is 0 Å². The van der Waals surface area contributed by atoms with E-state index in [2.05, 4.69) is 5.32 Å². The van der Waals surface area contributed by atoms with Crippen molar-refractivity contribution in [3.05, 3.63) is 59.2 Å². The van der Waals surface area contributed by atoms with E-state index in [9.17, 15) is 22.4 Å². The number of carbonyl (C=O) groups excluding carboxylic acids is 1. The minimum atomic E-state index is -1.64. The van der Waals surface area contributed by atoms with Crippen molar-refractivity contribution in [3.8, 4) is 0 Å². The highest BCUT2D eigenvalue weighted by Crippen LogP contribution is 2.19. The zero-order valence-corrected chi connectivity index (χ0v) is 9.88. The van der Waals surface area contributed by atoms with Gasteiger partial charge < -0.3 is 11.1 Å². The quantitative estimate of drug-likeness (QED) is 0.506. The third-order valence-corrected chi connectivity index (χ3v) is 2.42. The maximum absolute atomic E-state index is 13.1. The van der Waals surface area contributed by atoms with Crippen LogP contribution >= 0.6 is 0 Å². The van der Waals surface area contributed by atoms with Crippen molar-refractivity contribution in [2.24, 2.45) is 0 Å². The van der Waals surface area contributed by atoms with Gasteiger partial charge in [-0.3, -0.25) is 4.79 Å². The first-order chi connectivity index (χ1) is 9.36. The molecule has 3 N–H and O–H groups in total. The second kappa shape index (κ2) is 5.20. The van der Waals surface area contributed by atoms with Crippen molar-refractivity contribution in [2.75, 3.05) is 11.1 Å². The molecule has 0 aliphatic rings. The first kappa shape index (κ1) is 13.9. The van der Waals surface area contributed by atoms with Gasteiger partial charge >= 0.3 is 0 Å². The van der Waals surface area contributed by atoms with E-state index < -0.39 is 29.2 Å². The van der Waals surface area contributed by atoms with Crippen molar-refractivity contribution in [3.63, 3.8) is 0 Å². The molecule has 20 heavy (non-hydrogen) atoms. The number of hydrogen-bond acceptors (Lipinski definition) is 2. The zero-order chi connectivity index (χ0) is 14.9. The van der Waals surface area contributed by atoms with Crippen LogP contribution in [0.5, 0.6) is 0 Å². The van der Waals surface area contributed by atoms with Crippen molar-refractivity contribution >= 4 is 17.3 Å².